The van der Waals surface area contributed by atoms with E-state index in [0.29, 0.717) is 0 Å². The van der Waals surface area contributed by atoms with Crippen LogP contribution in [0.25, 0.3) is 0 Å². The zero-order chi connectivity index (χ0) is 25.1. The first kappa shape index (κ1) is 24.3. The molecule has 0 saturated heterocycles. The number of anilines is 2. The summed E-state index contributed by atoms with van der Waals surface area (Å²) in [4.78, 5) is 11.9. The van der Waals surface area contributed by atoms with E-state index in [0.717, 1.165) is 33.5 Å². The molecule has 8 heteroatoms. The molecule has 0 bridgehead atoms. The van der Waals surface area contributed by atoms with Gasteiger partial charge in [-0.15, -0.1) is 0 Å². The molecule has 1 spiro atoms. The predicted octanol–water partition coefficient (Wildman–Crippen LogP) is 6.58. The Labute approximate surface area is 223 Å². The van der Waals surface area contributed by atoms with E-state index in [2.05, 4.69) is 53.2 Å². The third kappa shape index (κ3) is 4.58. The molecule has 3 aromatic carbocycles. The summed E-state index contributed by atoms with van der Waals surface area (Å²) in [6.07, 6.45) is 5.04. The van der Waals surface area contributed by atoms with Crippen LogP contribution in [0.4, 0.5) is 11.4 Å². The molecular formula is C28H25BrN4O2S. The average Bonchev–Trinajstić information content (AvgIpc) is 3.30. The third-order valence-electron chi connectivity index (χ3n) is 5.89. The summed E-state index contributed by atoms with van der Waals surface area (Å²) in [5, 5.41) is 13.9. The van der Waals surface area contributed by atoms with Crippen molar-refractivity contribution in [3.05, 3.63) is 107 Å². The number of nitrogens with zero attached hydrogens (tertiary/aromatic N) is 4. The van der Waals surface area contributed by atoms with E-state index < -0.39 is 11.0 Å². The minimum absolute atomic E-state index is 0.274. The highest BCUT2D eigenvalue weighted by Gasteiger charge is 2.51. The Morgan fingerprint density at radius 3 is 2.25 bits per heavy atom. The van der Waals surface area contributed by atoms with Crippen LogP contribution in [0.15, 0.2) is 106 Å². The summed E-state index contributed by atoms with van der Waals surface area (Å²) < 4.78 is 6.27. The number of allylic oxidation sites excluding steroid dienone is 1. The molecule has 2 heterocycles. The Morgan fingerprint density at radius 1 is 0.917 bits per heavy atom. The van der Waals surface area contributed by atoms with Gasteiger partial charge in [0, 0.05) is 10.0 Å². The number of esters is 1. The van der Waals surface area contributed by atoms with Crippen LogP contribution in [0.1, 0.15) is 25.0 Å². The normalized spacial score (nSPS) is 18.9. The largest absolute Gasteiger partial charge is 0.461 e. The Kier molecular flexibility index (Phi) is 6.98. The van der Waals surface area contributed by atoms with Crippen molar-refractivity contribution in [2.24, 2.45) is 10.2 Å². The fourth-order valence-electron chi connectivity index (χ4n) is 4.05. The Balaban J connectivity index is 1.64. The maximum atomic E-state index is 12.8. The molecule has 6 nitrogen and oxygen atoms in total. The number of hydrogen-bond acceptors (Lipinski definition) is 7. The molecule has 5 rings (SSSR count). The lowest BCUT2D eigenvalue weighted by atomic mass is 10.0. The molecule has 1 atom stereocenters. The van der Waals surface area contributed by atoms with Gasteiger partial charge in [0.05, 0.1) is 23.7 Å². The standard InChI is InChI=1S/C28H25BrN4O2S/c1-3-20-10-12-21(13-11-20)25-18-19-28(32(30-25)23-8-6-5-7-9-23)33(24-16-14-22(29)15-17-24)31-26(36-28)27(34)35-4-2/h5-19H,3-4H2,1-2H3. The zero-order valence-electron chi connectivity index (χ0n) is 20.0. The van der Waals surface area contributed by atoms with E-state index in [4.69, 9.17) is 14.9 Å². The fraction of sp³-hybridized carbons (Fsp3) is 0.179. The van der Waals surface area contributed by atoms with Gasteiger partial charge in [-0.3, -0.25) is 0 Å². The second kappa shape index (κ2) is 10.3. The lowest BCUT2D eigenvalue weighted by molar-refractivity contribution is -0.134. The highest BCUT2D eigenvalue weighted by atomic mass is 79.9. The van der Waals surface area contributed by atoms with Crippen molar-refractivity contribution in [1.82, 2.24) is 0 Å². The number of aryl methyl sites for hydroxylation is 1. The lowest BCUT2D eigenvalue weighted by Crippen LogP contribution is -2.53. The minimum atomic E-state index is -0.940. The number of para-hydroxylation sites is 1. The molecule has 182 valence electrons. The first-order valence-electron chi connectivity index (χ1n) is 11.8. The van der Waals surface area contributed by atoms with Crippen molar-refractivity contribution in [1.29, 1.82) is 0 Å². The molecular weight excluding hydrogens is 536 g/mol. The SMILES string of the molecule is CCOC(=O)C1=NN(c2ccc(Br)cc2)C2(C=CC(c3ccc(CC)cc3)=NN2c2ccccc2)S1. The third-order valence-corrected chi connectivity index (χ3v) is 7.64. The van der Waals surface area contributed by atoms with Gasteiger partial charge in [0.15, 0.2) is 0 Å². The summed E-state index contributed by atoms with van der Waals surface area (Å²) in [6.45, 7) is 4.21. The maximum Gasteiger partial charge on any atom is 0.365 e. The number of carbonyl (C=O) groups is 1. The first-order valence-corrected chi connectivity index (χ1v) is 13.4. The number of halogens is 1. The minimum Gasteiger partial charge on any atom is -0.461 e. The van der Waals surface area contributed by atoms with Gasteiger partial charge in [-0.25, -0.2) is 14.8 Å². The molecule has 3 aromatic rings. The van der Waals surface area contributed by atoms with Crippen molar-refractivity contribution < 1.29 is 9.53 Å². The number of thioether (sulfide) groups is 1. The highest BCUT2D eigenvalue weighted by molar-refractivity contribution is 9.10. The van der Waals surface area contributed by atoms with E-state index in [1.54, 1.807) is 6.92 Å². The number of carbonyl (C=O) groups excluding carboxylic acids is 1. The van der Waals surface area contributed by atoms with E-state index in [1.165, 1.54) is 17.3 Å². The zero-order valence-corrected chi connectivity index (χ0v) is 22.4. The predicted molar refractivity (Wildman–Crippen MR) is 151 cm³/mol. The fourth-order valence-corrected chi connectivity index (χ4v) is 5.47. The van der Waals surface area contributed by atoms with Crippen molar-refractivity contribution in [3.63, 3.8) is 0 Å². The molecule has 2 aliphatic rings. The summed E-state index contributed by atoms with van der Waals surface area (Å²) in [5.74, 6) is -0.451. The molecule has 0 radical (unpaired) electrons. The summed E-state index contributed by atoms with van der Waals surface area (Å²) in [6, 6.07) is 26.2. The van der Waals surface area contributed by atoms with Gasteiger partial charge in [0.25, 0.3) is 0 Å². The number of hydrogen-bond donors (Lipinski definition) is 0. The second-order valence-electron chi connectivity index (χ2n) is 8.19. The quantitative estimate of drug-likeness (QED) is 0.319. The molecule has 0 N–H and O–H groups in total. The van der Waals surface area contributed by atoms with E-state index >= 15 is 0 Å². The number of ether oxygens (including phenoxy) is 1. The summed E-state index contributed by atoms with van der Waals surface area (Å²) in [7, 11) is 0. The van der Waals surface area contributed by atoms with Crippen molar-refractivity contribution in [3.8, 4) is 0 Å². The van der Waals surface area contributed by atoms with Crippen LogP contribution in [0.2, 0.25) is 0 Å². The van der Waals surface area contributed by atoms with E-state index in [9.17, 15) is 4.79 Å². The molecule has 1 unspecified atom stereocenters. The second-order valence-corrected chi connectivity index (χ2v) is 10.3. The van der Waals surface area contributed by atoms with Crippen molar-refractivity contribution in [2.75, 3.05) is 16.6 Å². The molecule has 36 heavy (non-hydrogen) atoms. The van der Waals surface area contributed by atoms with Crippen molar-refractivity contribution >= 4 is 55.8 Å². The Morgan fingerprint density at radius 2 is 1.58 bits per heavy atom. The molecule has 0 fully saturated rings. The van der Waals surface area contributed by atoms with Crippen LogP contribution in [-0.4, -0.2) is 28.3 Å². The van der Waals surface area contributed by atoms with Crippen LogP contribution in [-0.2, 0) is 16.0 Å². The van der Waals surface area contributed by atoms with Crippen LogP contribution >= 0.6 is 27.7 Å². The van der Waals surface area contributed by atoms with Gasteiger partial charge in [-0.2, -0.15) is 10.2 Å². The lowest BCUT2D eigenvalue weighted by Gasteiger charge is -2.43. The average molecular weight is 562 g/mol. The van der Waals surface area contributed by atoms with Crippen molar-refractivity contribution in [2.45, 2.75) is 25.3 Å². The van der Waals surface area contributed by atoms with Crippen LogP contribution < -0.4 is 10.0 Å². The van der Waals surface area contributed by atoms with E-state index in [-0.39, 0.29) is 11.7 Å². The number of rotatable bonds is 6. The monoisotopic (exact) mass is 560 g/mol. The number of hydrazone groups is 2. The van der Waals surface area contributed by atoms with Gasteiger partial charge < -0.3 is 4.74 Å². The maximum absolute atomic E-state index is 12.8. The van der Waals surface area contributed by atoms with Gasteiger partial charge in [0.1, 0.15) is 0 Å². The smallest absolute Gasteiger partial charge is 0.365 e. The Hall–Kier alpha value is -3.36. The molecule has 2 aliphatic heterocycles. The molecule has 0 saturated carbocycles. The number of benzene rings is 3. The molecule has 0 aliphatic carbocycles. The van der Waals surface area contributed by atoms with Gasteiger partial charge in [-0.05, 0) is 79.2 Å². The van der Waals surface area contributed by atoms with E-state index in [1.807, 2.05) is 70.7 Å². The topological polar surface area (TPSA) is 57.5 Å². The summed E-state index contributed by atoms with van der Waals surface area (Å²) in [5.41, 5.74) is 4.81. The summed E-state index contributed by atoms with van der Waals surface area (Å²) >= 11 is 4.83. The first-order chi connectivity index (χ1) is 17.5. The van der Waals surface area contributed by atoms with Gasteiger partial charge in [0.2, 0.25) is 10.0 Å². The molecule has 0 amide bonds. The van der Waals surface area contributed by atoms with Crippen LogP contribution in [0.5, 0.6) is 0 Å². The van der Waals surface area contributed by atoms with Gasteiger partial charge >= 0.3 is 5.97 Å². The van der Waals surface area contributed by atoms with Crippen LogP contribution in [0, 0.1) is 0 Å². The Bertz CT molecular complexity index is 1340. The van der Waals surface area contributed by atoms with Gasteiger partial charge in [-0.1, -0.05) is 65.3 Å². The van der Waals surface area contributed by atoms with Crippen LogP contribution in [0.3, 0.4) is 0 Å². The highest BCUT2D eigenvalue weighted by Crippen LogP contribution is 2.48. The molecule has 0 aromatic heterocycles.